The van der Waals surface area contributed by atoms with Crippen molar-refractivity contribution in [3.8, 4) is 5.75 Å². The Bertz CT molecular complexity index is 1070. The summed E-state index contributed by atoms with van der Waals surface area (Å²) in [4.78, 5) is 34.8. The molecule has 3 rings (SSSR count). The molecular formula is C21H15N3O5. The van der Waals surface area contributed by atoms with Gasteiger partial charge in [-0.15, -0.1) is 0 Å². The van der Waals surface area contributed by atoms with Crippen molar-refractivity contribution in [2.75, 3.05) is 0 Å². The van der Waals surface area contributed by atoms with Gasteiger partial charge in [0.1, 0.15) is 0 Å². The van der Waals surface area contributed by atoms with Gasteiger partial charge in [-0.25, -0.2) is 10.2 Å². The monoisotopic (exact) mass is 389 g/mol. The lowest BCUT2D eigenvalue weighted by molar-refractivity contribution is -0.385. The maximum atomic E-state index is 12.1. The Morgan fingerprint density at radius 3 is 2.17 bits per heavy atom. The van der Waals surface area contributed by atoms with Gasteiger partial charge in [-0.05, 0) is 36.4 Å². The minimum atomic E-state index is -0.703. The number of amides is 1. The van der Waals surface area contributed by atoms with E-state index in [-0.39, 0.29) is 11.3 Å². The Hall–Kier alpha value is -4.33. The van der Waals surface area contributed by atoms with Crippen LogP contribution in [0, 0.1) is 10.1 Å². The zero-order valence-corrected chi connectivity index (χ0v) is 15.0. The van der Waals surface area contributed by atoms with Crippen LogP contribution in [0.2, 0.25) is 0 Å². The van der Waals surface area contributed by atoms with Crippen LogP contribution in [-0.4, -0.2) is 23.0 Å². The van der Waals surface area contributed by atoms with Gasteiger partial charge in [0.25, 0.3) is 5.91 Å². The standard InChI is InChI=1S/C21H15N3O5/c25-20(16-7-3-1-4-8-16)23-22-14-15-11-12-19(18(13-15)24(27)28)29-21(26)17-9-5-2-6-10-17/h1-14H,(H,23,25)/b22-14+. The second-order valence-electron chi connectivity index (χ2n) is 5.80. The van der Waals surface area contributed by atoms with E-state index in [0.717, 1.165) is 0 Å². The van der Waals surface area contributed by atoms with Crippen molar-refractivity contribution in [1.29, 1.82) is 0 Å². The Balaban J connectivity index is 1.73. The molecule has 0 radical (unpaired) electrons. The summed E-state index contributed by atoms with van der Waals surface area (Å²) in [5, 5.41) is 15.2. The van der Waals surface area contributed by atoms with Gasteiger partial charge in [0, 0.05) is 17.2 Å². The first kappa shape index (κ1) is 19.4. The Morgan fingerprint density at radius 1 is 0.931 bits per heavy atom. The van der Waals surface area contributed by atoms with Gasteiger partial charge < -0.3 is 4.74 Å². The zero-order chi connectivity index (χ0) is 20.6. The lowest BCUT2D eigenvalue weighted by Gasteiger charge is -2.06. The maximum absolute atomic E-state index is 12.1. The van der Waals surface area contributed by atoms with E-state index in [1.807, 2.05) is 0 Å². The van der Waals surface area contributed by atoms with Crippen LogP contribution < -0.4 is 10.2 Å². The van der Waals surface area contributed by atoms with Gasteiger partial charge in [-0.2, -0.15) is 5.10 Å². The number of nitrogens with one attached hydrogen (secondary N) is 1. The second-order valence-corrected chi connectivity index (χ2v) is 5.80. The summed E-state index contributed by atoms with van der Waals surface area (Å²) in [5.74, 6) is -1.30. The van der Waals surface area contributed by atoms with E-state index in [1.54, 1.807) is 60.7 Å². The van der Waals surface area contributed by atoms with Crippen LogP contribution in [0.1, 0.15) is 26.3 Å². The molecule has 0 saturated carbocycles. The highest BCUT2D eigenvalue weighted by atomic mass is 16.6. The molecule has 3 aromatic rings. The van der Waals surface area contributed by atoms with Crippen molar-refractivity contribution >= 4 is 23.8 Å². The minimum absolute atomic E-state index is 0.186. The van der Waals surface area contributed by atoms with Gasteiger partial charge in [-0.3, -0.25) is 14.9 Å². The molecule has 8 heteroatoms. The summed E-state index contributed by atoms with van der Waals surface area (Å²) in [6.07, 6.45) is 1.26. The summed E-state index contributed by atoms with van der Waals surface area (Å²) in [5.41, 5.74) is 3.00. The topological polar surface area (TPSA) is 111 Å². The molecule has 0 aromatic heterocycles. The van der Waals surface area contributed by atoms with Gasteiger partial charge in [0.05, 0.1) is 16.7 Å². The molecule has 0 bridgehead atoms. The van der Waals surface area contributed by atoms with Gasteiger partial charge in [0.15, 0.2) is 0 Å². The van der Waals surface area contributed by atoms with E-state index in [1.165, 1.54) is 24.4 Å². The summed E-state index contributed by atoms with van der Waals surface area (Å²) >= 11 is 0. The predicted molar refractivity (Wildman–Crippen MR) is 106 cm³/mol. The third kappa shape index (κ3) is 5.10. The smallest absolute Gasteiger partial charge is 0.343 e. The number of rotatable bonds is 6. The summed E-state index contributed by atoms with van der Waals surface area (Å²) < 4.78 is 5.15. The zero-order valence-electron chi connectivity index (χ0n) is 15.0. The van der Waals surface area contributed by atoms with Crippen LogP contribution in [0.15, 0.2) is 84.0 Å². The molecule has 29 heavy (non-hydrogen) atoms. The third-order valence-corrected chi connectivity index (χ3v) is 3.81. The number of nitrogens with zero attached hydrogens (tertiary/aromatic N) is 2. The van der Waals surface area contributed by atoms with Crippen LogP contribution in [0.5, 0.6) is 5.75 Å². The van der Waals surface area contributed by atoms with Crippen molar-refractivity contribution in [2.45, 2.75) is 0 Å². The highest BCUT2D eigenvalue weighted by molar-refractivity contribution is 5.95. The summed E-state index contributed by atoms with van der Waals surface area (Å²) in [6, 6.07) is 20.6. The van der Waals surface area contributed by atoms with Crippen LogP contribution in [0.3, 0.4) is 0 Å². The van der Waals surface area contributed by atoms with Crippen molar-refractivity contribution < 1.29 is 19.2 Å². The molecule has 0 unspecified atom stereocenters. The molecule has 0 aliphatic heterocycles. The molecule has 144 valence electrons. The Kier molecular flexibility index (Phi) is 6.06. The number of hydrogen-bond acceptors (Lipinski definition) is 6. The van der Waals surface area contributed by atoms with Crippen molar-refractivity contribution in [3.63, 3.8) is 0 Å². The fourth-order valence-corrected chi connectivity index (χ4v) is 2.40. The van der Waals surface area contributed by atoms with Crippen LogP contribution in [0.25, 0.3) is 0 Å². The first-order chi connectivity index (χ1) is 14.0. The predicted octanol–water partition coefficient (Wildman–Crippen LogP) is 3.58. The number of hydrazone groups is 1. The van der Waals surface area contributed by atoms with E-state index in [4.69, 9.17) is 4.74 Å². The first-order valence-corrected chi connectivity index (χ1v) is 8.49. The largest absolute Gasteiger partial charge is 0.416 e. The quantitative estimate of drug-likeness (QED) is 0.228. The molecule has 0 heterocycles. The molecule has 3 aromatic carbocycles. The average Bonchev–Trinajstić information content (AvgIpc) is 2.75. The van der Waals surface area contributed by atoms with Crippen molar-refractivity contribution in [3.05, 3.63) is 106 Å². The molecule has 1 N–H and O–H groups in total. The molecule has 0 saturated heterocycles. The molecular weight excluding hydrogens is 374 g/mol. The molecule has 1 amide bonds. The summed E-state index contributed by atoms with van der Waals surface area (Å²) in [7, 11) is 0. The number of esters is 1. The van der Waals surface area contributed by atoms with E-state index < -0.39 is 22.5 Å². The van der Waals surface area contributed by atoms with Gasteiger partial charge in [-0.1, -0.05) is 36.4 Å². The molecule has 0 atom stereocenters. The van der Waals surface area contributed by atoms with Crippen LogP contribution in [-0.2, 0) is 0 Å². The van der Waals surface area contributed by atoms with Gasteiger partial charge >= 0.3 is 11.7 Å². The second kappa shape index (κ2) is 9.05. The molecule has 8 nitrogen and oxygen atoms in total. The summed E-state index contributed by atoms with van der Waals surface area (Å²) in [6.45, 7) is 0. The number of carbonyl (C=O) groups is 2. The van der Waals surface area contributed by atoms with Crippen LogP contribution in [0.4, 0.5) is 5.69 Å². The SMILES string of the molecule is O=C(N/N=C/c1ccc(OC(=O)c2ccccc2)c([N+](=O)[O-])c1)c1ccccc1. The molecule has 0 spiro atoms. The van der Waals surface area contributed by atoms with E-state index in [9.17, 15) is 19.7 Å². The fourth-order valence-electron chi connectivity index (χ4n) is 2.40. The normalized spacial score (nSPS) is 10.5. The molecule has 0 aliphatic carbocycles. The van der Waals surface area contributed by atoms with Crippen molar-refractivity contribution in [1.82, 2.24) is 5.43 Å². The highest BCUT2D eigenvalue weighted by Crippen LogP contribution is 2.28. The lowest BCUT2D eigenvalue weighted by Crippen LogP contribution is -2.17. The number of ether oxygens (including phenoxy) is 1. The molecule has 0 fully saturated rings. The van der Waals surface area contributed by atoms with E-state index in [2.05, 4.69) is 10.5 Å². The fraction of sp³-hybridized carbons (Fsp3) is 0. The Labute approximate surface area is 165 Å². The maximum Gasteiger partial charge on any atom is 0.343 e. The van der Waals surface area contributed by atoms with E-state index in [0.29, 0.717) is 11.1 Å². The minimum Gasteiger partial charge on any atom is -0.416 e. The number of nitro groups is 1. The van der Waals surface area contributed by atoms with Crippen LogP contribution >= 0.6 is 0 Å². The van der Waals surface area contributed by atoms with Crippen molar-refractivity contribution in [2.24, 2.45) is 5.10 Å². The number of carbonyl (C=O) groups excluding carboxylic acids is 2. The van der Waals surface area contributed by atoms with Gasteiger partial charge in [0.2, 0.25) is 5.75 Å². The lowest BCUT2D eigenvalue weighted by atomic mass is 10.2. The highest BCUT2D eigenvalue weighted by Gasteiger charge is 2.19. The average molecular weight is 389 g/mol. The number of hydrogen-bond donors (Lipinski definition) is 1. The van der Waals surface area contributed by atoms with E-state index >= 15 is 0 Å². The molecule has 0 aliphatic rings. The third-order valence-electron chi connectivity index (χ3n) is 3.81. The Morgan fingerprint density at radius 2 is 1.55 bits per heavy atom. The number of benzene rings is 3. The number of nitro benzene ring substituents is 1. The first-order valence-electron chi connectivity index (χ1n) is 8.49.